The van der Waals surface area contributed by atoms with Crippen LogP contribution in [-0.2, 0) is 0 Å². The minimum Gasteiger partial charge on any atom is -0.378 e. The van der Waals surface area contributed by atoms with Crippen molar-refractivity contribution in [3.63, 3.8) is 0 Å². The molecule has 1 fully saturated rings. The Kier molecular flexibility index (Phi) is 2.93. The Labute approximate surface area is 93.1 Å². The van der Waals surface area contributed by atoms with E-state index in [2.05, 4.69) is 11.8 Å². The second kappa shape index (κ2) is 4.23. The second-order valence-corrected chi connectivity index (χ2v) is 4.15. The second-order valence-electron chi connectivity index (χ2n) is 4.15. The summed E-state index contributed by atoms with van der Waals surface area (Å²) in [6, 6.07) is 3.12. The summed E-state index contributed by atoms with van der Waals surface area (Å²) in [4.78, 5) is 0. The lowest BCUT2D eigenvalue weighted by Gasteiger charge is -2.12. The van der Waals surface area contributed by atoms with E-state index < -0.39 is 17.2 Å². The number of halogens is 2. The first-order valence-electron chi connectivity index (χ1n) is 5.29. The van der Waals surface area contributed by atoms with Gasteiger partial charge in [-0.25, -0.2) is 8.78 Å². The average Bonchev–Trinajstić information content (AvgIpc) is 2.62. The molecule has 1 N–H and O–H groups in total. The van der Waals surface area contributed by atoms with Crippen LogP contribution in [0, 0.1) is 23.5 Å². The lowest BCUT2D eigenvalue weighted by Crippen LogP contribution is -2.20. The Morgan fingerprint density at radius 1 is 1.06 bits per heavy atom. The molecule has 1 aromatic carbocycles. The molecule has 0 atom stereocenters. The third-order valence-corrected chi connectivity index (χ3v) is 2.73. The predicted octanol–water partition coefficient (Wildman–Crippen LogP) is 2.62. The Hall–Kier alpha value is -1.40. The highest BCUT2D eigenvalue weighted by Gasteiger charge is 2.28. The van der Waals surface area contributed by atoms with Crippen LogP contribution in [0.3, 0.4) is 0 Å². The van der Waals surface area contributed by atoms with Crippen LogP contribution in [0.25, 0.3) is 0 Å². The smallest absolute Gasteiger partial charge is 0.127 e. The van der Waals surface area contributed by atoms with Gasteiger partial charge in [0.1, 0.15) is 17.2 Å². The SMILES string of the molecule is OC1(C#Cc2cc(F)cc(F)c2)CCCC1. The molecule has 0 spiro atoms. The molecular weight excluding hydrogens is 210 g/mol. The lowest BCUT2D eigenvalue weighted by atomic mass is 10.0. The highest BCUT2D eigenvalue weighted by atomic mass is 19.1. The number of hydrogen-bond acceptors (Lipinski definition) is 1. The van der Waals surface area contributed by atoms with E-state index in [0.717, 1.165) is 31.0 Å². The van der Waals surface area contributed by atoms with Gasteiger partial charge in [0.15, 0.2) is 0 Å². The van der Waals surface area contributed by atoms with Crippen molar-refractivity contribution in [2.45, 2.75) is 31.3 Å². The number of hydrogen-bond donors (Lipinski definition) is 1. The topological polar surface area (TPSA) is 20.2 Å². The minimum absolute atomic E-state index is 0.262. The molecule has 1 aliphatic carbocycles. The van der Waals surface area contributed by atoms with Gasteiger partial charge in [-0.1, -0.05) is 11.8 Å². The Bertz CT molecular complexity index is 430. The molecule has 2 rings (SSSR count). The van der Waals surface area contributed by atoms with Crippen LogP contribution in [0.1, 0.15) is 31.2 Å². The molecule has 0 heterocycles. The van der Waals surface area contributed by atoms with Crippen LogP contribution in [0.4, 0.5) is 8.78 Å². The van der Waals surface area contributed by atoms with E-state index in [0.29, 0.717) is 12.8 Å². The molecule has 0 aromatic heterocycles. The Morgan fingerprint density at radius 2 is 1.62 bits per heavy atom. The number of benzene rings is 1. The van der Waals surface area contributed by atoms with Gasteiger partial charge in [0.05, 0.1) is 0 Å². The molecule has 0 unspecified atom stereocenters. The maximum absolute atomic E-state index is 12.9. The fourth-order valence-electron chi connectivity index (χ4n) is 1.90. The maximum Gasteiger partial charge on any atom is 0.127 e. The standard InChI is InChI=1S/C13H12F2O/c14-11-7-10(8-12(15)9-11)3-6-13(16)4-1-2-5-13/h7-9,16H,1-2,4-5H2. The van der Waals surface area contributed by atoms with Gasteiger partial charge < -0.3 is 5.11 Å². The molecule has 3 heteroatoms. The van der Waals surface area contributed by atoms with Crippen molar-refractivity contribution >= 4 is 0 Å². The van der Waals surface area contributed by atoms with Crippen molar-refractivity contribution in [2.24, 2.45) is 0 Å². The van der Waals surface area contributed by atoms with Gasteiger partial charge in [-0.15, -0.1) is 0 Å². The van der Waals surface area contributed by atoms with Crippen LogP contribution in [-0.4, -0.2) is 10.7 Å². The van der Waals surface area contributed by atoms with Crippen LogP contribution in [0.5, 0.6) is 0 Å². The molecule has 1 aromatic rings. The first-order valence-corrected chi connectivity index (χ1v) is 5.29. The first kappa shape index (κ1) is 11.1. The minimum atomic E-state index is -0.969. The van der Waals surface area contributed by atoms with Gasteiger partial charge in [-0.3, -0.25) is 0 Å². The number of rotatable bonds is 0. The Morgan fingerprint density at radius 3 is 2.19 bits per heavy atom. The van der Waals surface area contributed by atoms with Crippen molar-refractivity contribution in [2.75, 3.05) is 0 Å². The van der Waals surface area contributed by atoms with E-state index in [1.807, 2.05) is 0 Å². The van der Waals surface area contributed by atoms with Crippen LogP contribution in [0.15, 0.2) is 18.2 Å². The summed E-state index contributed by atoms with van der Waals surface area (Å²) in [5.41, 5.74) is -0.708. The third kappa shape index (κ3) is 2.59. The molecule has 1 nitrogen and oxygen atoms in total. The summed E-state index contributed by atoms with van der Waals surface area (Å²) < 4.78 is 25.7. The fraction of sp³-hybridized carbons (Fsp3) is 0.385. The van der Waals surface area contributed by atoms with E-state index >= 15 is 0 Å². The van der Waals surface area contributed by atoms with Gasteiger partial charge >= 0.3 is 0 Å². The first-order chi connectivity index (χ1) is 7.57. The largest absolute Gasteiger partial charge is 0.378 e. The molecule has 0 aliphatic heterocycles. The van der Waals surface area contributed by atoms with Crippen molar-refractivity contribution in [3.8, 4) is 11.8 Å². The monoisotopic (exact) mass is 222 g/mol. The molecular formula is C13H12F2O. The van der Waals surface area contributed by atoms with Gasteiger partial charge in [0.2, 0.25) is 0 Å². The van der Waals surface area contributed by atoms with E-state index in [-0.39, 0.29) is 5.56 Å². The molecule has 0 bridgehead atoms. The number of aliphatic hydroxyl groups is 1. The zero-order chi connectivity index (χ0) is 11.6. The summed E-state index contributed by atoms with van der Waals surface area (Å²) in [6.07, 6.45) is 3.17. The average molecular weight is 222 g/mol. The van der Waals surface area contributed by atoms with Gasteiger partial charge in [0, 0.05) is 11.6 Å². The quantitative estimate of drug-likeness (QED) is 0.669. The zero-order valence-electron chi connectivity index (χ0n) is 8.76. The van der Waals surface area contributed by atoms with E-state index in [1.165, 1.54) is 0 Å². The summed E-state index contributed by atoms with van der Waals surface area (Å²) >= 11 is 0. The molecule has 0 radical (unpaired) electrons. The van der Waals surface area contributed by atoms with Crippen LogP contribution >= 0.6 is 0 Å². The molecule has 16 heavy (non-hydrogen) atoms. The van der Waals surface area contributed by atoms with E-state index in [4.69, 9.17) is 0 Å². The highest BCUT2D eigenvalue weighted by molar-refractivity contribution is 5.37. The van der Waals surface area contributed by atoms with E-state index in [9.17, 15) is 13.9 Å². The molecule has 0 amide bonds. The molecule has 0 saturated heterocycles. The fourth-order valence-corrected chi connectivity index (χ4v) is 1.90. The molecule has 1 saturated carbocycles. The zero-order valence-corrected chi connectivity index (χ0v) is 8.76. The summed E-state index contributed by atoms with van der Waals surface area (Å²) in [5, 5.41) is 9.93. The third-order valence-electron chi connectivity index (χ3n) is 2.73. The van der Waals surface area contributed by atoms with Crippen LogP contribution < -0.4 is 0 Å². The predicted molar refractivity (Wildman–Crippen MR) is 56.7 cm³/mol. The molecule has 1 aliphatic rings. The van der Waals surface area contributed by atoms with Crippen molar-refractivity contribution in [3.05, 3.63) is 35.4 Å². The summed E-state index contributed by atoms with van der Waals surface area (Å²) in [7, 11) is 0. The van der Waals surface area contributed by atoms with Gasteiger partial charge in [-0.05, 0) is 37.8 Å². The van der Waals surface area contributed by atoms with Crippen LogP contribution in [0.2, 0.25) is 0 Å². The Balaban J connectivity index is 2.23. The highest BCUT2D eigenvalue weighted by Crippen LogP contribution is 2.28. The summed E-state index contributed by atoms with van der Waals surface area (Å²) in [6.45, 7) is 0. The van der Waals surface area contributed by atoms with E-state index in [1.54, 1.807) is 0 Å². The van der Waals surface area contributed by atoms with Gasteiger partial charge in [-0.2, -0.15) is 0 Å². The normalized spacial score (nSPS) is 17.9. The summed E-state index contributed by atoms with van der Waals surface area (Å²) in [5.74, 6) is 4.03. The molecule has 84 valence electrons. The van der Waals surface area contributed by atoms with Crippen molar-refractivity contribution in [1.82, 2.24) is 0 Å². The van der Waals surface area contributed by atoms with Crippen molar-refractivity contribution in [1.29, 1.82) is 0 Å². The lowest BCUT2D eigenvalue weighted by molar-refractivity contribution is 0.110. The van der Waals surface area contributed by atoms with Gasteiger partial charge in [0.25, 0.3) is 0 Å². The maximum atomic E-state index is 12.9. The van der Waals surface area contributed by atoms with Crippen molar-refractivity contribution < 1.29 is 13.9 Å².